The van der Waals surface area contributed by atoms with Crippen molar-refractivity contribution >= 4 is 0 Å². The quantitative estimate of drug-likeness (QED) is 0.612. The minimum atomic E-state index is -0.948. The Hall–Kier alpha value is -1.30. The monoisotopic (exact) mass is 495 g/mol. The Morgan fingerprint density at radius 3 is 2.53 bits per heavy atom. The lowest BCUT2D eigenvalue weighted by Crippen LogP contribution is -2.89. The highest BCUT2D eigenvalue weighted by Crippen LogP contribution is 2.82. The molecule has 2 spiro atoms. The smallest absolute Gasteiger partial charge is 0.166 e. The summed E-state index contributed by atoms with van der Waals surface area (Å²) in [5, 5.41) is 23.5. The number of phenolic OH excluding ortho intramolecular Hbond substituents is 1. The van der Waals surface area contributed by atoms with Gasteiger partial charge in [0.25, 0.3) is 0 Å². The molecule has 2 N–H and O–H groups in total. The Bertz CT molecular complexity index is 1140. The van der Waals surface area contributed by atoms with E-state index in [4.69, 9.17) is 9.47 Å². The van der Waals surface area contributed by atoms with E-state index < -0.39 is 16.8 Å². The molecular formula is C31H45NO4. The van der Waals surface area contributed by atoms with Crippen LogP contribution in [-0.4, -0.2) is 58.2 Å². The Labute approximate surface area is 216 Å². The van der Waals surface area contributed by atoms with E-state index in [0.717, 1.165) is 38.1 Å². The molecule has 1 aromatic rings. The Kier molecular flexibility index (Phi) is 4.38. The lowest BCUT2D eigenvalue weighted by atomic mass is 9.27. The number of aliphatic hydroxyl groups is 1. The van der Waals surface area contributed by atoms with Gasteiger partial charge in [-0.15, -0.1) is 0 Å². The Morgan fingerprint density at radius 2 is 1.89 bits per heavy atom. The molecule has 5 nitrogen and oxygen atoms in total. The molecule has 0 aromatic heterocycles. The van der Waals surface area contributed by atoms with Crippen LogP contribution in [0.25, 0.3) is 0 Å². The molecule has 7 aliphatic rings. The first-order valence-corrected chi connectivity index (χ1v) is 14.4. The van der Waals surface area contributed by atoms with E-state index in [-0.39, 0.29) is 27.9 Å². The Balaban J connectivity index is 1.54. The average Bonchev–Trinajstić information content (AvgIpc) is 3.57. The van der Waals surface area contributed by atoms with E-state index in [1.165, 1.54) is 30.5 Å². The van der Waals surface area contributed by atoms with Crippen LogP contribution in [0, 0.1) is 28.6 Å². The predicted octanol–water partition coefficient (Wildman–Crippen LogP) is 5.05. The first-order valence-electron chi connectivity index (χ1n) is 14.4. The van der Waals surface area contributed by atoms with Crippen molar-refractivity contribution in [2.24, 2.45) is 28.6 Å². The van der Waals surface area contributed by atoms with Gasteiger partial charge in [-0.05, 0) is 87.8 Å². The molecule has 8 atom stereocenters. The first kappa shape index (κ1) is 23.8. The fraction of sp³-hybridized carbons (Fsp3) is 0.806. The molecule has 1 saturated heterocycles. The summed E-state index contributed by atoms with van der Waals surface area (Å²) in [6.07, 6.45) is 6.56. The first-order chi connectivity index (χ1) is 16.8. The summed E-state index contributed by atoms with van der Waals surface area (Å²) in [5.74, 6) is 2.14. The van der Waals surface area contributed by atoms with Crippen LogP contribution in [0.3, 0.4) is 0 Å². The number of rotatable bonds is 4. The number of nitrogens with zero attached hydrogens (tertiary/aromatic N) is 1. The molecule has 8 rings (SSSR count). The molecule has 198 valence electrons. The van der Waals surface area contributed by atoms with Gasteiger partial charge in [-0.25, -0.2) is 0 Å². The summed E-state index contributed by atoms with van der Waals surface area (Å²) in [6.45, 7) is 15.5. The van der Waals surface area contributed by atoms with Crippen molar-refractivity contribution < 1.29 is 19.7 Å². The molecular weight excluding hydrogens is 450 g/mol. The number of fused-ring (bicyclic) bond motifs is 2. The minimum absolute atomic E-state index is 0.0406. The molecule has 4 saturated carbocycles. The van der Waals surface area contributed by atoms with E-state index in [2.05, 4.69) is 45.6 Å². The van der Waals surface area contributed by atoms with Gasteiger partial charge in [0, 0.05) is 36.6 Å². The number of hydrogen-bond donors (Lipinski definition) is 2. The molecule has 8 unspecified atom stereocenters. The van der Waals surface area contributed by atoms with E-state index in [9.17, 15) is 10.2 Å². The number of likely N-dealkylation sites (tertiary alicyclic amines) is 1. The third-order valence-electron chi connectivity index (χ3n) is 12.9. The Morgan fingerprint density at radius 1 is 1.17 bits per heavy atom. The third kappa shape index (κ3) is 2.26. The standard InChI is InChI=1S/C31H45NO4/c1-18-15-31(35-7)22(27(5,34)26(2,3)4)16-29(18)23-14-20-10-11-21(33)25-24(20)30(29,28(31,6)36-25)12-13-32(23)17-19-8-9-19/h10-11,18-19,22-23,33-34H,8-9,12-17H2,1-7H3. The lowest BCUT2D eigenvalue weighted by Gasteiger charge is -2.80. The van der Waals surface area contributed by atoms with Gasteiger partial charge in [0.1, 0.15) is 11.2 Å². The number of hydrogen-bond acceptors (Lipinski definition) is 5. The molecule has 2 heterocycles. The van der Waals surface area contributed by atoms with Gasteiger partial charge < -0.3 is 19.7 Å². The van der Waals surface area contributed by atoms with Crippen molar-refractivity contribution in [3.8, 4) is 11.5 Å². The molecule has 5 aliphatic carbocycles. The van der Waals surface area contributed by atoms with E-state index in [1.54, 1.807) is 0 Å². The lowest BCUT2D eigenvalue weighted by molar-refractivity contribution is -0.360. The van der Waals surface area contributed by atoms with Crippen LogP contribution in [0.1, 0.15) is 84.8 Å². The minimum Gasteiger partial charge on any atom is -0.504 e. The SMILES string of the molecule is COC12CC(C)C3(CC1C(C)(O)C(C)(C)C)C1Cc4ccc(O)c5c4C3(CCN1CC1CC1)C2(C)O5. The van der Waals surface area contributed by atoms with E-state index >= 15 is 0 Å². The molecule has 5 fully saturated rings. The zero-order chi connectivity index (χ0) is 25.7. The molecule has 0 amide bonds. The molecule has 5 heteroatoms. The largest absolute Gasteiger partial charge is 0.504 e. The zero-order valence-corrected chi connectivity index (χ0v) is 23.3. The molecule has 0 radical (unpaired) electrons. The van der Waals surface area contributed by atoms with Crippen molar-refractivity contribution in [1.82, 2.24) is 4.90 Å². The normalized spacial score (nSPS) is 46.3. The van der Waals surface area contributed by atoms with Gasteiger partial charge in [0.15, 0.2) is 11.5 Å². The van der Waals surface area contributed by atoms with Crippen molar-refractivity contribution in [1.29, 1.82) is 0 Å². The van der Waals surface area contributed by atoms with Gasteiger partial charge >= 0.3 is 0 Å². The highest BCUT2D eigenvalue weighted by atomic mass is 16.6. The number of piperidine rings is 1. The van der Waals surface area contributed by atoms with Crippen molar-refractivity contribution in [2.75, 3.05) is 20.2 Å². The second kappa shape index (κ2) is 6.63. The number of methoxy groups -OCH3 is 1. The fourth-order valence-corrected chi connectivity index (χ4v) is 10.7. The topological polar surface area (TPSA) is 62.2 Å². The van der Waals surface area contributed by atoms with Crippen LogP contribution in [0.2, 0.25) is 0 Å². The van der Waals surface area contributed by atoms with Crippen LogP contribution in [0.15, 0.2) is 12.1 Å². The second-order valence-corrected chi connectivity index (χ2v) is 14.8. The third-order valence-corrected chi connectivity index (χ3v) is 12.9. The predicted molar refractivity (Wildman–Crippen MR) is 139 cm³/mol. The second-order valence-electron chi connectivity index (χ2n) is 14.8. The zero-order valence-electron chi connectivity index (χ0n) is 23.3. The fourth-order valence-electron chi connectivity index (χ4n) is 10.7. The summed E-state index contributed by atoms with van der Waals surface area (Å²) in [5.41, 5.74) is -0.238. The summed E-state index contributed by atoms with van der Waals surface area (Å²) in [4.78, 5) is 2.83. The highest BCUT2D eigenvalue weighted by Gasteiger charge is 2.88. The summed E-state index contributed by atoms with van der Waals surface area (Å²) in [6, 6.07) is 4.43. The van der Waals surface area contributed by atoms with Crippen LogP contribution >= 0.6 is 0 Å². The number of benzene rings is 1. The summed E-state index contributed by atoms with van der Waals surface area (Å²) < 4.78 is 13.9. The van der Waals surface area contributed by atoms with Gasteiger partial charge in [-0.1, -0.05) is 33.8 Å². The number of phenols is 1. The molecule has 2 aliphatic heterocycles. The van der Waals surface area contributed by atoms with Gasteiger partial charge in [-0.2, -0.15) is 0 Å². The summed E-state index contributed by atoms with van der Waals surface area (Å²) >= 11 is 0. The van der Waals surface area contributed by atoms with Gasteiger partial charge in [0.05, 0.1) is 11.0 Å². The summed E-state index contributed by atoms with van der Waals surface area (Å²) in [7, 11) is 1.84. The maximum atomic E-state index is 12.4. The highest BCUT2D eigenvalue weighted by molar-refractivity contribution is 5.65. The number of ether oxygens (including phenoxy) is 2. The number of aromatic hydroxyl groups is 1. The maximum Gasteiger partial charge on any atom is 0.166 e. The van der Waals surface area contributed by atoms with Crippen molar-refractivity contribution in [3.63, 3.8) is 0 Å². The van der Waals surface area contributed by atoms with Crippen molar-refractivity contribution in [3.05, 3.63) is 23.3 Å². The van der Waals surface area contributed by atoms with E-state index in [1.807, 2.05) is 20.1 Å². The van der Waals surface area contributed by atoms with Crippen LogP contribution < -0.4 is 4.74 Å². The van der Waals surface area contributed by atoms with Crippen LogP contribution in [0.4, 0.5) is 0 Å². The van der Waals surface area contributed by atoms with Gasteiger partial charge in [0.2, 0.25) is 0 Å². The molecule has 4 bridgehead atoms. The van der Waals surface area contributed by atoms with E-state index in [0.29, 0.717) is 17.7 Å². The molecule has 1 aromatic carbocycles. The average molecular weight is 496 g/mol. The maximum absolute atomic E-state index is 12.4. The van der Waals surface area contributed by atoms with Gasteiger partial charge in [-0.3, -0.25) is 4.90 Å². The van der Waals surface area contributed by atoms with Crippen molar-refractivity contribution in [2.45, 2.75) is 108 Å². The molecule has 36 heavy (non-hydrogen) atoms. The van der Waals surface area contributed by atoms with Crippen LogP contribution in [0.5, 0.6) is 11.5 Å². The van der Waals surface area contributed by atoms with Crippen LogP contribution in [-0.2, 0) is 16.6 Å².